The first kappa shape index (κ1) is 20.0. The van der Waals surface area contributed by atoms with Crippen LogP contribution in [0.15, 0.2) is 16.6 Å². The number of hydrogen-bond donors (Lipinski definition) is 0. The van der Waals surface area contributed by atoms with Crippen molar-refractivity contribution in [2.24, 2.45) is 0 Å². The number of ether oxygens (including phenoxy) is 2. The SMILES string of the molecule is COc1c(C)cc(Br)cc1CN1CCN(C(=O)OC(C)(C)C)[C@@H](C)C1. The van der Waals surface area contributed by atoms with E-state index in [2.05, 4.69) is 46.8 Å². The monoisotopic (exact) mass is 412 g/mol. The molecule has 6 heteroatoms. The van der Waals surface area contributed by atoms with Crippen LogP contribution >= 0.6 is 15.9 Å². The molecule has 1 aliphatic rings. The van der Waals surface area contributed by atoms with Gasteiger partial charge >= 0.3 is 6.09 Å². The Morgan fingerprint density at radius 2 is 2.00 bits per heavy atom. The molecule has 1 saturated heterocycles. The van der Waals surface area contributed by atoms with E-state index >= 15 is 0 Å². The van der Waals surface area contributed by atoms with E-state index in [1.807, 2.05) is 25.7 Å². The van der Waals surface area contributed by atoms with Crippen molar-refractivity contribution in [2.45, 2.75) is 52.8 Å². The predicted octanol–water partition coefficient (Wildman–Crippen LogP) is 4.21. The van der Waals surface area contributed by atoms with Gasteiger partial charge in [0.25, 0.3) is 0 Å². The number of halogens is 1. The van der Waals surface area contributed by atoms with Crippen LogP contribution in [0.4, 0.5) is 4.79 Å². The highest BCUT2D eigenvalue weighted by Gasteiger charge is 2.31. The van der Waals surface area contributed by atoms with Gasteiger partial charge < -0.3 is 14.4 Å². The molecule has 0 aliphatic carbocycles. The van der Waals surface area contributed by atoms with Crippen molar-refractivity contribution in [3.63, 3.8) is 0 Å². The second-order valence-electron chi connectivity index (χ2n) is 7.67. The Bertz CT molecular complexity index is 628. The summed E-state index contributed by atoms with van der Waals surface area (Å²) in [5, 5.41) is 0. The summed E-state index contributed by atoms with van der Waals surface area (Å²) in [7, 11) is 1.71. The smallest absolute Gasteiger partial charge is 0.410 e. The van der Waals surface area contributed by atoms with Crippen LogP contribution < -0.4 is 4.74 Å². The summed E-state index contributed by atoms with van der Waals surface area (Å²) < 4.78 is 12.1. The lowest BCUT2D eigenvalue weighted by Crippen LogP contribution is -2.54. The van der Waals surface area contributed by atoms with Crippen LogP contribution in [0, 0.1) is 6.92 Å². The molecule has 1 aromatic rings. The molecular formula is C19H29BrN2O3. The van der Waals surface area contributed by atoms with Gasteiger partial charge in [-0.3, -0.25) is 4.90 Å². The van der Waals surface area contributed by atoms with E-state index in [9.17, 15) is 4.79 Å². The molecule has 0 bridgehead atoms. The van der Waals surface area contributed by atoms with Crippen LogP contribution in [0.2, 0.25) is 0 Å². The summed E-state index contributed by atoms with van der Waals surface area (Å²) in [5.74, 6) is 0.936. The molecule has 0 spiro atoms. The van der Waals surface area contributed by atoms with E-state index in [1.165, 1.54) is 0 Å². The van der Waals surface area contributed by atoms with Crippen molar-refractivity contribution in [1.82, 2.24) is 9.80 Å². The topological polar surface area (TPSA) is 42.0 Å². The van der Waals surface area contributed by atoms with Gasteiger partial charge in [-0.15, -0.1) is 0 Å². The second kappa shape index (κ2) is 7.96. The van der Waals surface area contributed by atoms with Crippen LogP contribution in [0.25, 0.3) is 0 Å². The maximum absolute atomic E-state index is 12.3. The highest BCUT2D eigenvalue weighted by atomic mass is 79.9. The van der Waals surface area contributed by atoms with E-state index in [0.717, 1.165) is 41.0 Å². The van der Waals surface area contributed by atoms with Gasteiger partial charge in [0.05, 0.1) is 7.11 Å². The summed E-state index contributed by atoms with van der Waals surface area (Å²) in [6.45, 7) is 12.9. The van der Waals surface area contributed by atoms with Crippen LogP contribution in [0.5, 0.6) is 5.75 Å². The van der Waals surface area contributed by atoms with E-state index in [-0.39, 0.29) is 12.1 Å². The number of piperazine rings is 1. The molecule has 1 amide bonds. The van der Waals surface area contributed by atoms with Gasteiger partial charge in [0.2, 0.25) is 0 Å². The molecule has 0 saturated carbocycles. The maximum atomic E-state index is 12.3. The second-order valence-corrected chi connectivity index (χ2v) is 8.59. The number of benzene rings is 1. The van der Waals surface area contributed by atoms with E-state index in [1.54, 1.807) is 7.11 Å². The van der Waals surface area contributed by atoms with Crippen LogP contribution in [0.3, 0.4) is 0 Å². The first-order chi connectivity index (χ1) is 11.6. The number of hydrogen-bond acceptors (Lipinski definition) is 4. The molecule has 0 unspecified atom stereocenters. The Morgan fingerprint density at radius 1 is 1.32 bits per heavy atom. The Kier molecular flexibility index (Phi) is 6.38. The number of carbonyl (C=O) groups excluding carboxylic acids is 1. The van der Waals surface area contributed by atoms with Gasteiger partial charge in [0.1, 0.15) is 11.4 Å². The van der Waals surface area contributed by atoms with Crippen molar-refractivity contribution >= 4 is 22.0 Å². The molecule has 1 heterocycles. The number of amides is 1. The third-order valence-corrected chi connectivity index (χ3v) is 4.71. The molecule has 1 aliphatic heterocycles. The standard InChI is InChI=1S/C19H29BrN2O3/c1-13-9-16(20)10-15(17(13)24-6)12-21-7-8-22(14(2)11-21)18(23)25-19(3,4)5/h9-10,14H,7-8,11-12H2,1-6H3/t14-/m0/s1. The fourth-order valence-electron chi connectivity index (χ4n) is 3.22. The van der Waals surface area contributed by atoms with Crippen LogP contribution in [0.1, 0.15) is 38.8 Å². The van der Waals surface area contributed by atoms with Crippen molar-refractivity contribution in [3.05, 3.63) is 27.7 Å². The van der Waals surface area contributed by atoms with Gasteiger partial charge in [0, 0.05) is 42.3 Å². The van der Waals surface area contributed by atoms with Crippen LogP contribution in [-0.2, 0) is 11.3 Å². The van der Waals surface area contributed by atoms with E-state index in [4.69, 9.17) is 9.47 Å². The van der Waals surface area contributed by atoms with Crippen molar-refractivity contribution in [2.75, 3.05) is 26.7 Å². The third kappa shape index (κ3) is 5.35. The molecule has 1 aromatic carbocycles. The Labute approximate surface area is 159 Å². The number of nitrogens with zero attached hydrogens (tertiary/aromatic N) is 2. The zero-order valence-corrected chi connectivity index (χ0v) is 17.6. The van der Waals surface area contributed by atoms with Gasteiger partial charge in [-0.05, 0) is 52.3 Å². The fourth-order valence-corrected chi connectivity index (χ4v) is 3.84. The van der Waals surface area contributed by atoms with Gasteiger partial charge in [-0.2, -0.15) is 0 Å². The largest absolute Gasteiger partial charge is 0.496 e. The normalized spacial score (nSPS) is 19.0. The zero-order chi connectivity index (χ0) is 18.8. The highest BCUT2D eigenvalue weighted by molar-refractivity contribution is 9.10. The number of aryl methyl sites for hydroxylation is 1. The summed E-state index contributed by atoms with van der Waals surface area (Å²) in [5.41, 5.74) is 1.81. The Hall–Kier alpha value is -1.27. The molecule has 1 fully saturated rings. The van der Waals surface area contributed by atoms with Crippen molar-refractivity contribution in [1.29, 1.82) is 0 Å². The van der Waals surface area contributed by atoms with Gasteiger partial charge in [0.15, 0.2) is 0 Å². The molecule has 0 N–H and O–H groups in total. The highest BCUT2D eigenvalue weighted by Crippen LogP contribution is 2.29. The lowest BCUT2D eigenvalue weighted by Gasteiger charge is -2.40. The minimum Gasteiger partial charge on any atom is -0.496 e. The first-order valence-corrected chi connectivity index (χ1v) is 9.45. The van der Waals surface area contributed by atoms with E-state index < -0.39 is 5.60 Å². The molecule has 0 radical (unpaired) electrons. The molecule has 1 atom stereocenters. The number of methoxy groups -OCH3 is 1. The summed E-state index contributed by atoms with van der Waals surface area (Å²) in [6, 6.07) is 4.28. The lowest BCUT2D eigenvalue weighted by atomic mass is 10.1. The van der Waals surface area contributed by atoms with E-state index in [0.29, 0.717) is 6.54 Å². The number of rotatable bonds is 3. The third-order valence-electron chi connectivity index (χ3n) is 4.25. The summed E-state index contributed by atoms with van der Waals surface area (Å²) in [6.07, 6.45) is -0.226. The Balaban J connectivity index is 2.03. The average Bonchev–Trinajstić information content (AvgIpc) is 2.44. The van der Waals surface area contributed by atoms with Gasteiger partial charge in [-0.25, -0.2) is 4.79 Å². The maximum Gasteiger partial charge on any atom is 0.410 e. The summed E-state index contributed by atoms with van der Waals surface area (Å²) in [4.78, 5) is 16.5. The average molecular weight is 413 g/mol. The lowest BCUT2D eigenvalue weighted by molar-refractivity contribution is 0.000482. The minimum absolute atomic E-state index is 0.114. The van der Waals surface area contributed by atoms with Crippen molar-refractivity contribution < 1.29 is 14.3 Å². The summed E-state index contributed by atoms with van der Waals surface area (Å²) >= 11 is 3.57. The Morgan fingerprint density at radius 3 is 2.56 bits per heavy atom. The quantitative estimate of drug-likeness (QED) is 0.745. The molecule has 5 nitrogen and oxygen atoms in total. The van der Waals surface area contributed by atoms with Crippen LogP contribution in [-0.4, -0.2) is 54.3 Å². The predicted molar refractivity (Wildman–Crippen MR) is 103 cm³/mol. The number of carbonyl (C=O) groups is 1. The zero-order valence-electron chi connectivity index (χ0n) is 16.1. The van der Waals surface area contributed by atoms with Crippen molar-refractivity contribution in [3.8, 4) is 5.75 Å². The molecule has 2 rings (SSSR count). The fraction of sp³-hybridized carbons (Fsp3) is 0.632. The van der Waals surface area contributed by atoms with Gasteiger partial charge in [-0.1, -0.05) is 15.9 Å². The minimum atomic E-state index is -0.463. The molecule has 25 heavy (non-hydrogen) atoms. The molecule has 0 aromatic heterocycles. The molecular weight excluding hydrogens is 384 g/mol. The molecule has 140 valence electrons. The first-order valence-electron chi connectivity index (χ1n) is 8.65.